The third-order valence-corrected chi connectivity index (χ3v) is 2.31. The summed E-state index contributed by atoms with van der Waals surface area (Å²) >= 11 is 0. The highest BCUT2D eigenvalue weighted by molar-refractivity contribution is 5.23. The van der Waals surface area contributed by atoms with Gasteiger partial charge in [0.25, 0.3) is 0 Å². The number of hydrogen-bond acceptors (Lipinski definition) is 1. The minimum absolute atomic E-state index is 0.189. The lowest BCUT2D eigenvalue weighted by molar-refractivity contribution is 0.0261. The van der Waals surface area contributed by atoms with E-state index in [0.717, 1.165) is 19.7 Å². The van der Waals surface area contributed by atoms with Crippen LogP contribution in [0, 0.1) is 6.92 Å². The molecule has 0 N–H and O–H groups in total. The van der Waals surface area contributed by atoms with Crippen molar-refractivity contribution in [2.75, 3.05) is 19.7 Å². The molecule has 0 saturated carbocycles. The van der Waals surface area contributed by atoms with E-state index in [-0.39, 0.29) is 6.10 Å². The smallest absolute Gasteiger partial charge is 0.0966 e. The molecule has 13 heavy (non-hydrogen) atoms. The maximum Gasteiger partial charge on any atom is 0.0966 e. The lowest BCUT2D eigenvalue weighted by atomic mass is 10.1. The van der Waals surface area contributed by atoms with Gasteiger partial charge in [0.2, 0.25) is 0 Å². The SMILES string of the molecule is Cc1ccc(C2C[N]CCO2)cc1. The molecule has 0 aromatic heterocycles. The highest BCUT2D eigenvalue weighted by Crippen LogP contribution is 2.19. The van der Waals surface area contributed by atoms with Crippen LogP contribution in [0.5, 0.6) is 0 Å². The maximum absolute atomic E-state index is 5.61. The fraction of sp³-hybridized carbons (Fsp3) is 0.455. The molecule has 0 spiro atoms. The van der Waals surface area contributed by atoms with Crippen LogP contribution in [0.1, 0.15) is 17.2 Å². The van der Waals surface area contributed by atoms with Crippen molar-refractivity contribution in [3.63, 3.8) is 0 Å². The summed E-state index contributed by atoms with van der Waals surface area (Å²) in [7, 11) is 0. The van der Waals surface area contributed by atoms with E-state index in [1.165, 1.54) is 11.1 Å². The Morgan fingerprint density at radius 1 is 1.31 bits per heavy atom. The molecular weight excluding hydrogens is 162 g/mol. The highest BCUT2D eigenvalue weighted by Gasteiger charge is 2.15. The molecule has 0 bridgehead atoms. The van der Waals surface area contributed by atoms with E-state index in [2.05, 4.69) is 36.5 Å². The van der Waals surface area contributed by atoms with Crippen molar-refractivity contribution < 1.29 is 4.74 Å². The van der Waals surface area contributed by atoms with E-state index in [4.69, 9.17) is 4.74 Å². The van der Waals surface area contributed by atoms with Crippen LogP contribution in [0.3, 0.4) is 0 Å². The zero-order valence-electron chi connectivity index (χ0n) is 7.86. The van der Waals surface area contributed by atoms with Crippen LogP contribution in [0.4, 0.5) is 0 Å². The molecule has 1 atom stereocenters. The van der Waals surface area contributed by atoms with E-state index in [1.54, 1.807) is 0 Å². The summed E-state index contributed by atoms with van der Waals surface area (Å²) in [6.45, 7) is 4.51. The molecule has 2 rings (SSSR count). The third kappa shape index (κ3) is 2.08. The Bertz CT molecular complexity index is 262. The molecule has 1 radical (unpaired) electrons. The number of rotatable bonds is 1. The van der Waals surface area contributed by atoms with Crippen molar-refractivity contribution in [3.05, 3.63) is 35.4 Å². The molecule has 1 aromatic rings. The Hall–Kier alpha value is -0.860. The number of ether oxygens (including phenoxy) is 1. The van der Waals surface area contributed by atoms with Gasteiger partial charge >= 0.3 is 0 Å². The standard InChI is InChI=1S/C11H14NO/c1-9-2-4-10(5-3-9)11-8-12-6-7-13-11/h2-5,11H,6-8H2,1H3. The molecule has 1 saturated heterocycles. The minimum Gasteiger partial charge on any atom is -0.371 e. The molecule has 1 aliphatic heterocycles. The normalized spacial score (nSPS) is 23.0. The first kappa shape index (κ1) is 8.73. The van der Waals surface area contributed by atoms with Gasteiger partial charge in [0.1, 0.15) is 0 Å². The number of aryl methyl sites for hydroxylation is 1. The topological polar surface area (TPSA) is 23.3 Å². The molecule has 1 heterocycles. The predicted molar refractivity (Wildman–Crippen MR) is 51.7 cm³/mol. The van der Waals surface area contributed by atoms with Crippen molar-refractivity contribution in [3.8, 4) is 0 Å². The van der Waals surface area contributed by atoms with Crippen LogP contribution in [-0.4, -0.2) is 19.7 Å². The molecule has 69 valence electrons. The van der Waals surface area contributed by atoms with Gasteiger partial charge in [-0.1, -0.05) is 29.8 Å². The van der Waals surface area contributed by atoms with Gasteiger partial charge in [-0.3, -0.25) is 0 Å². The lowest BCUT2D eigenvalue weighted by Gasteiger charge is -2.22. The van der Waals surface area contributed by atoms with Gasteiger partial charge in [-0.05, 0) is 12.5 Å². The van der Waals surface area contributed by atoms with Crippen molar-refractivity contribution in [1.82, 2.24) is 5.32 Å². The summed E-state index contributed by atoms with van der Waals surface area (Å²) in [5.74, 6) is 0. The van der Waals surface area contributed by atoms with Crippen molar-refractivity contribution in [2.24, 2.45) is 0 Å². The minimum atomic E-state index is 0.189. The molecule has 2 nitrogen and oxygen atoms in total. The molecular formula is C11H14NO. The van der Waals surface area contributed by atoms with Crippen molar-refractivity contribution >= 4 is 0 Å². The van der Waals surface area contributed by atoms with Gasteiger partial charge in [0, 0.05) is 13.1 Å². The Kier molecular flexibility index (Phi) is 2.62. The fourth-order valence-electron chi connectivity index (χ4n) is 1.50. The molecule has 1 aromatic carbocycles. The maximum atomic E-state index is 5.61. The molecule has 2 heteroatoms. The van der Waals surface area contributed by atoms with Gasteiger partial charge in [-0.15, -0.1) is 0 Å². The van der Waals surface area contributed by atoms with E-state index in [0.29, 0.717) is 0 Å². The third-order valence-electron chi connectivity index (χ3n) is 2.31. The number of morpholine rings is 1. The Morgan fingerprint density at radius 3 is 2.69 bits per heavy atom. The molecule has 0 amide bonds. The average molecular weight is 176 g/mol. The number of nitrogens with zero attached hydrogens (tertiary/aromatic N) is 1. The Labute approximate surface area is 78.9 Å². The number of hydrogen-bond donors (Lipinski definition) is 0. The largest absolute Gasteiger partial charge is 0.371 e. The van der Waals surface area contributed by atoms with Crippen molar-refractivity contribution in [1.29, 1.82) is 0 Å². The lowest BCUT2D eigenvalue weighted by Crippen LogP contribution is -2.28. The zero-order valence-corrected chi connectivity index (χ0v) is 7.86. The first-order valence-corrected chi connectivity index (χ1v) is 4.68. The molecule has 1 aliphatic rings. The first-order chi connectivity index (χ1) is 6.36. The van der Waals surface area contributed by atoms with Crippen LogP contribution in [0.2, 0.25) is 0 Å². The van der Waals surface area contributed by atoms with Crippen LogP contribution in [0.15, 0.2) is 24.3 Å². The first-order valence-electron chi connectivity index (χ1n) is 4.68. The fourth-order valence-corrected chi connectivity index (χ4v) is 1.50. The highest BCUT2D eigenvalue weighted by atomic mass is 16.5. The van der Waals surface area contributed by atoms with E-state index in [9.17, 15) is 0 Å². The second kappa shape index (κ2) is 3.90. The average Bonchev–Trinajstić information content (AvgIpc) is 2.20. The molecule has 1 fully saturated rings. The second-order valence-corrected chi connectivity index (χ2v) is 3.40. The summed E-state index contributed by atoms with van der Waals surface area (Å²) in [6, 6.07) is 8.49. The van der Waals surface area contributed by atoms with E-state index < -0.39 is 0 Å². The van der Waals surface area contributed by atoms with Gasteiger partial charge in [-0.25, -0.2) is 5.32 Å². The Balaban J connectivity index is 2.10. The van der Waals surface area contributed by atoms with Crippen molar-refractivity contribution in [2.45, 2.75) is 13.0 Å². The summed E-state index contributed by atoms with van der Waals surface area (Å²) in [6.07, 6.45) is 0.189. The van der Waals surface area contributed by atoms with Gasteiger partial charge in [0.05, 0.1) is 12.7 Å². The van der Waals surface area contributed by atoms with Gasteiger partial charge < -0.3 is 4.74 Å². The summed E-state index contributed by atoms with van der Waals surface area (Å²) < 4.78 is 5.61. The molecule has 1 unspecified atom stereocenters. The van der Waals surface area contributed by atoms with Crippen LogP contribution >= 0.6 is 0 Å². The van der Waals surface area contributed by atoms with E-state index in [1.807, 2.05) is 0 Å². The van der Waals surface area contributed by atoms with Gasteiger partial charge in [0.15, 0.2) is 0 Å². The quantitative estimate of drug-likeness (QED) is 0.638. The van der Waals surface area contributed by atoms with Crippen LogP contribution in [0.25, 0.3) is 0 Å². The monoisotopic (exact) mass is 176 g/mol. The molecule has 0 aliphatic carbocycles. The van der Waals surface area contributed by atoms with Crippen LogP contribution in [-0.2, 0) is 4.74 Å². The zero-order chi connectivity index (χ0) is 9.10. The van der Waals surface area contributed by atoms with Crippen LogP contribution < -0.4 is 5.32 Å². The van der Waals surface area contributed by atoms with Gasteiger partial charge in [-0.2, -0.15) is 0 Å². The Morgan fingerprint density at radius 2 is 2.08 bits per heavy atom. The number of benzene rings is 1. The predicted octanol–water partition coefficient (Wildman–Crippen LogP) is 1.67. The summed E-state index contributed by atoms with van der Waals surface area (Å²) in [4.78, 5) is 0. The summed E-state index contributed by atoms with van der Waals surface area (Å²) in [5, 5.41) is 4.33. The second-order valence-electron chi connectivity index (χ2n) is 3.40. The summed E-state index contributed by atoms with van der Waals surface area (Å²) in [5.41, 5.74) is 2.53. The van der Waals surface area contributed by atoms with E-state index >= 15 is 0 Å².